The molecule has 0 fully saturated rings. The fourth-order valence-electron chi connectivity index (χ4n) is 1.04. The molecule has 0 unspecified atom stereocenters. The molecule has 2 heteroatoms. The second kappa shape index (κ2) is 3.79. The highest BCUT2D eigenvalue weighted by molar-refractivity contribution is 7.98. The van der Waals surface area contributed by atoms with E-state index in [0.29, 0.717) is 0 Å². The highest BCUT2D eigenvalue weighted by atomic mass is 32.2. The molecule has 60 valence electrons. The van der Waals surface area contributed by atoms with Crippen molar-refractivity contribution in [3.63, 3.8) is 0 Å². The topological polar surface area (TPSA) is 20.2 Å². The van der Waals surface area contributed by atoms with Gasteiger partial charge in [0, 0.05) is 4.90 Å². The van der Waals surface area contributed by atoms with Crippen LogP contribution < -0.4 is 0 Å². The monoisotopic (exact) mass is 168 g/mol. The minimum atomic E-state index is 0.134. The van der Waals surface area contributed by atoms with Crippen molar-refractivity contribution in [3.8, 4) is 0 Å². The van der Waals surface area contributed by atoms with Gasteiger partial charge in [0.2, 0.25) is 0 Å². The Morgan fingerprint density at radius 1 is 1.45 bits per heavy atom. The molecular weight excluding hydrogens is 156 g/mol. The first-order chi connectivity index (χ1) is 5.27. The lowest BCUT2D eigenvalue weighted by molar-refractivity contribution is 0.281. The summed E-state index contributed by atoms with van der Waals surface area (Å²) in [5.41, 5.74) is 2.23. The third-order valence-corrected chi connectivity index (χ3v) is 2.54. The summed E-state index contributed by atoms with van der Waals surface area (Å²) in [5, 5.41) is 8.82. The Labute approximate surface area is 71.4 Å². The number of aliphatic hydroxyl groups is 1. The third-order valence-electron chi connectivity index (χ3n) is 1.64. The summed E-state index contributed by atoms with van der Waals surface area (Å²) < 4.78 is 0. The van der Waals surface area contributed by atoms with Crippen LogP contribution in [-0.2, 0) is 6.61 Å². The van der Waals surface area contributed by atoms with Gasteiger partial charge >= 0.3 is 0 Å². The van der Waals surface area contributed by atoms with Gasteiger partial charge in [-0.25, -0.2) is 0 Å². The van der Waals surface area contributed by atoms with Gasteiger partial charge in [-0.3, -0.25) is 0 Å². The third kappa shape index (κ3) is 1.98. The van der Waals surface area contributed by atoms with E-state index in [-0.39, 0.29) is 6.61 Å². The number of thioether (sulfide) groups is 1. The maximum absolute atomic E-state index is 8.82. The Kier molecular flexibility index (Phi) is 2.97. The lowest BCUT2D eigenvalue weighted by Crippen LogP contribution is -1.85. The molecule has 1 nitrogen and oxygen atoms in total. The van der Waals surface area contributed by atoms with Crippen LogP contribution in [0.3, 0.4) is 0 Å². The van der Waals surface area contributed by atoms with Gasteiger partial charge in [0.05, 0.1) is 6.61 Å². The Morgan fingerprint density at radius 2 is 2.18 bits per heavy atom. The molecular formula is C9H12OS. The van der Waals surface area contributed by atoms with Crippen LogP contribution in [0.2, 0.25) is 0 Å². The van der Waals surface area contributed by atoms with E-state index in [1.165, 1.54) is 10.5 Å². The van der Waals surface area contributed by atoms with Crippen LogP contribution in [-0.4, -0.2) is 11.4 Å². The fraction of sp³-hybridized carbons (Fsp3) is 0.333. The average Bonchev–Trinajstić information content (AvgIpc) is 2.04. The van der Waals surface area contributed by atoms with E-state index >= 15 is 0 Å². The Hall–Kier alpha value is -0.470. The van der Waals surface area contributed by atoms with E-state index in [1.807, 2.05) is 18.2 Å². The standard InChI is InChI=1S/C9H12OS/c1-7-5-8(6-10)3-4-9(7)11-2/h3-5,10H,6H2,1-2H3. The SMILES string of the molecule is CSc1ccc(CO)cc1C. The highest BCUT2D eigenvalue weighted by Gasteiger charge is 1.96. The molecule has 0 heterocycles. The zero-order valence-corrected chi connectivity index (χ0v) is 7.61. The molecule has 0 aliphatic rings. The van der Waals surface area contributed by atoms with Crippen LogP contribution in [0.25, 0.3) is 0 Å². The van der Waals surface area contributed by atoms with Gasteiger partial charge < -0.3 is 5.11 Å². The first-order valence-electron chi connectivity index (χ1n) is 3.52. The molecule has 0 atom stereocenters. The largest absolute Gasteiger partial charge is 0.392 e. The van der Waals surface area contributed by atoms with E-state index in [1.54, 1.807) is 11.8 Å². The molecule has 11 heavy (non-hydrogen) atoms. The molecule has 0 aromatic heterocycles. The van der Waals surface area contributed by atoms with Crippen LogP contribution in [0.1, 0.15) is 11.1 Å². The summed E-state index contributed by atoms with van der Waals surface area (Å²) >= 11 is 1.73. The van der Waals surface area contributed by atoms with Crippen LogP contribution in [0, 0.1) is 6.92 Å². The molecule has 0 saturated heterocycles. The zero-order chi connectivity index (χ0) is 8.27. The predicted octanol–water partition coefficient (Wildman–Crippen LogP) is 2.21. The second-order valence-electron chi connectivity index (χ2n) is 2.46. The van der Waals surface area contributed by atoms with E-state index in [9.17, 15) is 0 Å². The summed E-state index contributed by atoms with van der Waals surface area (Å²) in [5.74, 6) is 0. The van der Waals surface area contributed by atoms with E-state index in [2.05, 4.69) is 13.2 Å². The van der Waals surface area contributed by atoms with Gasteiger partial charge in [-0.05, 0) is 30.4 Å². The predicted molar refractivity (Wildman–Crippen MR) is 48.9 cm³/mol. The maximum atomic E-state index is 8.82. The van der Waals surface area contributed by atoms with Gasteiger partial charge in [0.1, 0.15) is 0 Å². The number of aliphatic hydroxyl groups excluding tert-OH is 1. The fourth-order valence-corrected chi connectivity index (χ4v) is 1.62. The Morgan fingerprint density at radius 3 is 2.64 bits per heavy atom. The van der Waals surface area contributed by atoms with Crippen LogP contribution in [0.15, 0.2) is 23.1 Å². The summed E-state index contributed by atoms with van der Waals surface area (Å²) in [6.45, 7) is 2.19. The van der Waals surface area contributed by atoms with Gasteiger partial charge in [-0.1, -0.05) is 12.1 Å². The molecule has 0 bridgehead atoms. The number of benzene rings is 1. The normalized spacial score (nSPS) is 10.1. The molecule has 0 spiro atoms. The first-order valence-corrected chi connectivity index (χ1v) is 4.74. The molecule has 0 aliphatic heterocycles. The van der Waals surface area contributed by atoms with Gasteiger partial charge in [-0.2, -0.15) is 0 Å². The summed E-state index contributed by atoms with van der Waals surface area (Å²) in [4.78, 5) is 1.28. The van der Waals surface area contributed by atoms with E-state index < -0.39 is 0 Å². The number of rotatable bonds is 2. The van der Waals surface area contributed by atoms with Gasteiger partial charge in [0.15, 0.2) is 0 Å². The van der Waals surface area contributed by atoms with Crippen molar-refractivity contribution in [3.05, 3.63) is 29.3 Å². The van der Waals surface area contributed by atoms with E-state index in [4.69, 9.17) is 5.11 Å². The minimum Gasteiger partial charge on any atom is -0.392 e. The van der Waals surface area contributed by atoms with Crippen LogP contribution in [0.4, 0.5) is 0 Å². The van der Waals surface area contributed by atoms with Crippen LogP contribution >= 0.6 is 11.8 Å². The maximum Gasteiger partial charge on any atom is 0.0681 e. The summed E-state index contributed by atoms with van der Waals surface area (Å²) in [6.07, 6.45) is 2.06. The quantitative estimate of drug-likeness (QED) is 0.683. The van der Waals surface area contributed by atoms with Gasteiger partial charge in [0.25, 0.3) is 0 Å². The molecule has 1 rings (SSSR count). The lowest BCUT2D eigenvalue weighted by atomic mass is 10.1. The van der Waals surface area contributed by atoms with Crippen molar-refractivity contribution in [2.75, 3.05) is 6.26 Å². The minimum absolute atomic E-state index is 0.134. The molecule has 1 aromatic rings. The number of hydrogen-bond donors (Lipinski definition) is 1. The average molecular weight is 168 g/mol. The smallest absolute Gasteiger partial charge is 0.0681 e. The van der Waals surface area contributed by atoms with E-state index in [0.717, 1.165) is 5.56 Å². The number of hydrogen-bond acceptors (Lipinski definition) is 2. The molecule has 0 aliphatic carbocycles. The lowest BCUT2D eigenvalue weighted by Gasteiger charge is -2.03. The highest BCUT2D eigenvalue weighted by Crippen LogP contribution is 2.20. The summed E-state index contributed by atoms with van der Waals surface area (Å²) in [7, 11) is 0. The van der Waals surface area contributed by atoms with Crippen molar-refractivity contribution >= 4 is 11.8 Å². The van der Waals surface area contributed by atoms with Crippen molar-refractivity contribution in [1.29, 1.82) is 0 Å². The second-order valence-corrected chi connectivity index (χ2v) is 3.31. The summed E-state index contributed by atoms with van der Waals surface area (Å²) in [6, 6.07) is 6.02. The Balaban J connectivity index is 2.99. The Bertz CT molecular complexity index is 245. The van der Waals surface area contributed by atoms with Crippen molar-refractivity contribution in [2.45, 2.75) is 18.4 Å². The molecule has 0 saturated carbocycles. The molecule has 1 aromatic carbocycles. The molecule has 0 amide bonds. The number of aryl methyl sites for hydroxylation is 1. The van der Waals surface area contributed by atoms with Crippen molar-refractivity contribution < 1.29 is 5.11 Å². The zero-order valence-electron chi connectivity index (χ0n) is 6.79. The van der Waals surface area contributed by atoms with Gasteiger partial charge in [-0.15, -0.1) is 11.8 Å². The first kappa shape index (κ1) is 8.62. The van der Waals surface area contributed by atoms with Crippen LogP contribution in [0.5, 0.6) is 0 Å². The molecule has 0 radical (unpaired) electrons. The van der Waals surface area contributed by atoms with Crippen molar-refractivity contribution in [1.82, 2.24) is 0 Å². The molecule has 1 N–H and O–H groups in total. The van der Waals surface area contributed by atoms with Crippen molar-refractivity contribution in [2.24, 2.45) is 0 Å².